The normalized spacial score (nSPS) is 16.6. The monoisotopic (exact) mass is 383 g/mol. The molecule has 0 spiro atoms. The lowest BCUT2D eigenvalue weighted by Crippen LogP contribution is -2.49. The van der Waals surface area contributed by atoms with Crippen LogP contribution in [-0.4, -0.2) is 66.7 Å². The van der Waals surface area contributed by atoms with E-state index >= 15 is 0 Å². The van der Waals surface area contributed by atoms with Crippen molar-refractivity contribution in [3.05, 3.63) is 59.9 Å². The number of hydrogen-bond acceptors (Lipinski definition) is 3. The molecule has 0 radical (unpaired) electrons. The van der Waals surface area contributed by atoms with Crippen LogP contribution in [-0.2, 0) is 13.5 Å². The van der Waals surface area contributed by atoms with Crippen molar-refractivity contribution in [3.63, 3.8) is 0 Å². The average molecular weight is 384 g/mol. The number of urea groups is 1. The number of amides is 2. The van der Waals surface area contributed by atoms with Crippen LogP contribution in [0.1, 0.15) is 23.7 Å². The van der Waals surface area contributed by atoms with E-state index in [4.69, 9.17) is 0 Å². The number of carbonyl (C=O) groups excluding carboxylic acids is 1. The molecule has 2 heterocycles. The van der Waals surface area contributed by atoms with Gasteiger partial charge in [0.1, 0.15) is 0 Å². The maximum atomic E-state index is 12.3. The average Bonchev–Trinajstić information content (AvgIpc) is 3.13. The van der Waals surface area contributed by atoms with Gasteiger partial charge < -0.3 is 20.1 Å². The number of aryl methyl sites for hydroxylation is 2. The molecule has 1 aliphatic rings. The van der Waals surface area contributed by atoms with Gasteiger partial charge in [-0.1, -0.05) is 30.3 Å². The number of carbonyl (C=O) groups is 1. The van der Waals surface area contributed by atoms with Crippen molar-refractivity contribution < 1.29 is 4.79 Å². The molecule has 0 saturated carbocycles. The van der Waals surface area contributed by atoms with Crippen LogP contribution in [0.15, 0.2) is 48.7 Å². The van der Waals surface area contributed by atoms with Gasteiger partial charge in [0.05, 0.1) is 6.04 Å². The molecule has 28 heavy (non-hydrogen) atoms. The Hall–Kier alpha value is -2.31. The molecule has 1 aliphatic heterocycles. The van der Waals surface area contributed by atoms with Crippen molar-refractivity contribution in [1.29, 1.82) is 0 Å². The Labute approximate surface area is 168 Å². The summed E-state index contributed by atoms with van der Waals surface area (Å²) in [6.45, 7) is 5.47. The molecular formula is C22H33N5O. The summed E-state index contributed by atoms with van der Waals surface area (Å²) < 4.78 is 2.16. The third-order valence-electron chi connectivity index (χ3n) is 5.53. The zero-order valence-corrected chi connectivity index (χ0v) is 17.1. The highest BCUT2D eigenvalue weighted by molar-refractivity contribution is 5.73. The van der Waals surface area contributed by atoms with Crippen molar-refractivity contribution in [2.75, 3.05) is 46.3 Å². The summed E-state index contributed by atoms with van der Waals surface area (Å²) in [5.41, 5.74) is 2.55. The Morgan fingerprint density at radius 2 is 1.75 bits per heavy atom. The summed E-state index contributed by atoms with van der Waals surface area (Å²) in [5, 5.41) is 6.08. The molecule has 6 nitrogen and oxygen atoms in total. The molecule has 1 saturated heterocycles. The third kappa shape index (κ3) is 5.84. The lowest BCUT2D eigenvalue weighted by atomic mass is 10.1. The van der Waals surface area contributed by atoms with E-state index < -0.39 is 0 Å². The van der Waals surface area contributed by atoms with Gasteiger partial charge in [-0.3, -0.25) is 4.90 Å². The topological polar surface area (TPSA) is 52.5 Å². The van der Waals surface area contributed by atoms with Crippen LogP contribution in [0, 0.1) is 0 Å². The highest BCUT2D eigenvalue weighted by Gasteiger charge is 2.25. The van der Waals surface area contributed by atoms with Gasteiger partial charge in [0.2, 0.25) is 0 Å². The van der Waals surface area contributed by atoms with Crippen LogP contribution in [0.3, 0.4) is 0 Å². The summed E-state index contributed by atoms with van der Waals surface area (Å²) in [7, 11) is 4.23. The summed E-state index contributed by atoms with van der Waals surface area (Å²) in [6.07, 6.45) is 3.99. The first-order valence-electron chi connectivity index (χ1n) is 10.2. The first-order valence-corrected chi connectivity index (χ1v) is 10.2. The Bertz CT molecular complexity index is 722. The fourth-order valence-electron chi connectivity index (χ4n) is 3.77. The molecule has 6 heteroatoms. The van der Waals surface area contributed by atoms with Gasteiger partial charge in [-0.05, 0) is 37.6 Å². The van der Waals surface area contributed by atoms with Gasteiger partial charge >= 0.3 is 6.03 Å². The van der Waals surface area contributed by atoms with Crippen LogP contribution in [0.5, 0.6) is 0 Å². The van der Waals surface area contributed by atoms with Crippen LogP contribution < -0.4 is 10.6 Å². The number of aromatic nitrogens is 1. The first kappa shape index (κ1) is 20.4. The lowest BCUT2D eigenvalue weighted by Gasteiger charge is -2.38. The molecule has 1 aromatic carbocycles. The zero-order chi connectivity index (χ0) is 19.8. The second-order valence-corrected chi connectivity index (χ2v) is 7.62. The Kier molecular flexibility index (Phi) is 7.51. The Balaban J connectivity index is 1.46. The molecule has 152 valence electrons. The molecule has 1 atom stereocenters. The summed E-state index contributed by atoms with van der Waals surface area (Å²) in [4.78, 5) is 17.1. The third-order valence-corrected chi connectivity index (χ3v) is 5.53. The minimum Gasteiger partial charge on any atom is -0.353 e. The first-order chi connectivity index (χ1) is 13.6. The van der Waals surface area contributed by atoms with Crippen molar-refractivity contribution >= 4 is 6.03 Å². The molecule has 3 rings (SSSR count). The number of benzene rings is 1. The molecule has 0 bridgehead atoms. The molecule has 1 aromatic heterocycles. The van der Waals surface area contributed by atoms with Crippen LogP contribution in [0.4, 0.5) is 4.79 Å². The second kappa shape index (κ2) is 10.3. The number of rotatable bonds is 8. The van der Waals surface area contributed by atoms with Gasteiger partial charge in [-0.25, -0.2) is 4.79 Å². The van der Waals surface area contributed by atoms with Crippen LogP contribution in [0.25, 0.3) is 0 Å². The quantitative estimate of drug-likeness (QED) is 0.688. The Morgan fingerprint density at radius 3 is 2.43 bits per heavy atom. The summed E-state index contributed by atoms with van der Waals surface area (Å²) in [6, 6.07) is 14.7. The number of nitrogens with zero attached hydrogens (tertiary/aromatic N) is 3. The Morgan fingerprint density at radius 1 is 1.00 bits per heavy atom. The SMILES string of the molecule is CN1CCN([C@H](CNC(=O)NCCCc2ccccc2)c2cccn2C)CC1. The highest BCUT2D eigenvalue weighted by Crippen LogP contribution is 2.21. The largest absolute Gasteiger partial charge is 0.353 e. The predicted molar refractivity (Wildman–Crippen MR) is 113 cm³/mol. The van der Waals surface area contributed by atoms with Crippen molar-refractivity contribution in [3.8, 4) is 0 Å². The highest BCUT2D eigenvalue weighted by atomic mass is 16.2. The van der Waals surface area contributed by atoms with Crippen LogP contribution >= 0.6 is 0 Å². The van der Waals surface area contributed by atoms with Crippen molar-refractivity contribution in [2.45, 2.75) is 18.9 Å². The fraction of sp³-hybridized carbons (Fsp3) is 0.500. The van der Waals surface area contributed by atoms with Gasteiger partial charge in [0, 0.05) is 58.2 Å². The van der Waals surface area contributed by atoms with Gasteiger partial charge in [0.25, 0.3) is 0 Å². The van der Waals surface area contributed by atoms with E-state index in [1.165, 1.54) is 11.3 Å². The summed E-state index contributed by atoms with van der Waals surface area (Å²) in [5.74, 6) is 0. The smallest absolute Gasteiger partial charge is 0.314 e. The minimum absolute atomic E-state index is 0.0820. The molecule has 2 aromatic rings. The fourth-order valence-corrected chi connectivity index (χ4v) is 3.77. The van der Waals surface area contributed by atoms with E-state index in [0.717, 1.165) is 39.0 Å². The lowest BCUT2D eigenvalue weighted by molar-refractivity contribution is 0.108. The standard InChI is InChI=1S/C22H33N5O/c1-25-14-16-27(17-15-25)21(20-11-7-13-26(20)2)18-24-22(28)23-12-6-10-19-8-4-3-5-9-19/h3-5,7-9,11,13,21H,6,10,12,14-18H2,1-2H3,(H2,23,24,28)/t21-/m1/s1. The van der Waals surface area contributed by atoms with Gasteiger partial charge in [-0.15, -0.1) is 0 Å². The number of hydrogen-bond donors (Lipinski definition) is 2. The second-order valence-electron chi connectivity index (χ2n) is 7.62. The van der Waals surface area contributed by atoms with E-state index in [1.807, 2.05) is 6.07 Å². The van der Waals surface area contributed by atoms with Crippen LogP contribution in [0.2, 0.25) is 0 Å². The van der Waals surface area contributed by atoms with E-state index in [0.29, 0.717) is 13.1 Å². The number of likely N-dealkylation sites (N-methyl/N-ethyl adjacent to an activating group) is 1. The van der Waals surface area contributed by atoms with Crippen molar-refractivity contribution in [1.82, 2.24) is 25.0 Å². The van der Waals surface area contributed by atoms with Gasteiger partial charge in [-0.2, -0.15) is 0 Å². The van der Waals surface area contributed by atoms with Gasteiger partial charge in [0.15, 0.2) is 0 Å². The molecular weight excluding hydrogens is 350 g/mol. The number of nitrogens with one attached hydrogen (secondary N) is 2. The summed E-state index contributed by atoms with van der Waals surface area (Å²) >= 11 is 0. The molecule has 2 N–H and O–H groups in total. The zero-order valence-electron chi connectivity index (χ0n) is 17.1. The molecule has 0 unspecified atom stereocenters. The molecule has 2 amide bonds. The molecule has 0 aliphatic carbocycles. The van der Waals surface area contributed by atoms with Crippen molar-refractivity contribution in [2.24, 2.45) is 7.05 Å². The minimum atomic E-state index is -0.0820. The van der Waals surface area contributed by atoms with E-state index in [1.54, 1.807) is 0 Å². The van der Waals surface area contributed by atoms with E-state index in [9.17, 15) is 4.79 Å². The maximum absolute atomic E-state index is 12.3. The van der Waals surface area contributed by atoms with E-state index in [2.05, 4.69) is 81.7 Å². The van der Waals surface area contributed by atoms with E-state index in [-0.39, 0.29) is 12.1 Å². The maximum Gasteiger partial charge on any atom is 0.314 e. The molecule has 1 fully saturated rings. The number of piperazine rings is 1. The predicted octanol–water partition coefficient (Wildman–Crippen LogP) is 2.25.